The zero-order chi connectivity index (χ0) is 14.7. The molecule has 1 saturated heterocycles. The Labute approximate surface area is 119 Å². The van der Waals surface area contributed by atoms with Gasteiger partial charge in [0.05, 0.1) is 6.42 Å². The van der Waals surface area contributed by atoms with Gasteiger partial charge in [-0.15, -0.1) is 0 Å². The molecule has 1 aromatic carbocycles. The van der Waals surface area contributed by atoms with Crippen molar-refractivity contribution in [3.05, 3.63) is 29.8 Å². The van der Waals surface area contributed by atoms with Crippen molar-refractivity contribution >= 4 is 17.5 Å². The Morgan fingerprint density at radius 2 is 2.20 bits per heavy atom. The largest absolute Gasteiger partial charge is 0.349 e. The molecular formula is C15H21N3O2. The lowest BCUT2D eigenvalue weighted by molar-refractivity contribution is -0.128. The number of nitrogens with zero attached hydrogens (tertiary/aromatic N) is 2. The highest BCUT2D eigenvalue weighted by Gasteiger charge is 2.29. The van der Waals surface area contributed by atoms with Gasteiger partial charge in [-0.1, -0.05) is 12.1 Å². The number of rotatable bonds is 4. The Morgan fingerprint density at radius 3 is 2.80 bits per heavy atom. The summed E-state index contributed by atoms with van der Waals surface area (Å²) in [5.74, 6) is 0.390. The third kappa shape index (κ3) is 3.17. The first-order valence-corrected chi connectivity index (χ1v) is 6.80. The topological polar surface area (TPSA) is 66.6 Å². The van der Waals surface area contributed by atoms with Gasteiger partial charge in [0.15, 0.2) is 0 Å². The number of amides is 2. The molecule has 0 aliphatic carbocycles. The number of hydrogen-bond donors (Lipinski definition) is 1. The highest BCUT2D eigenvalue weighted by Crippen LogP contribution is 2.25. The van der Waals surface area contributed by atoms with Crippen LogP contribution in [-0.2, 0) is 16.0 Å². The Hall–Kier alpha value is -1.88. The van der Waals surface area contributed by atoms with Gasteiger partial charge in [-0.05, 0) is 30.2 Å². The molecular weight excluding hydrogens is 254 g/mol. The van der Waals surface area contributed by atoms with Crippen molar-refractivity contribution in [2.75, 3.05) is 32.1 Å². The minimum Gasteiger partial charge on any atom is -0.349 e. The summed E-state index contributed by atoms with van der Waals surface area (Å²) >= 11 is 0. The van der Waals surface area contributed by atoms with Crippen molar-refractivity contribution in [3.63, 3.8) is 0 Å². The van der Waals surface area contributed by atoms with Gasteiger partial charge in [-0.25, -0.2) is 0 Å². The lowest BCUT2D eigenvalue weighted by Crippen LogP contribution is -2.26. The van der Waals surface area contributed by atoms with E-state index in [4.69, 9.17) is 5.73 Å². The normalized spacial score (nSPS) is 18.4. The third-order valence-corrected chi connectivity index (χ3v) is 3.61. The van der Waals surface area contributed by atoms with Gasteiger partial charge in [0.2, 0.25) is 11.8 Å². The number of carbonyl (C=O) groups excluding carboxylic acids is 2. The minimum absolute atomic E-state index is 0.0507. The highest BCUT2D eigenvalue weighted by molar-refractivity contribution is 5.96. The van der Waals surface area contributed by atoms with Crippen molar-refractivity contribution in [2.45, 2.75) is 12.8 Å². The maximum Gasteiger partial charge on any atom is 0.227 e. The molecule has 1 aliphatic heterocycles. The van der Waals surface area contributed by atoms with Crippen LogP contribution in [0.5, 0.6) is 0 Å². The van der Waals surface area contributed by atoms with E-state index in [1.54, 1.807) is 23.9 Å². The van der Waals surface area contributed by atoms with E-state index in [9.17, 15) is 9.59 Å². The molecule has 1 atom stereocenters. The van der Waals surface area contributed by atoms with E-state index in [-0.39, 0.29) is 17.7 Å². The molecule has 1 aromatic rings. The van der Waals surface area contributed by atoms with Gasteiger partial charge in [0.1, 0.15) is 0 Å². The molecule has 0 spiro atoms. The quantitative estimate of drug-likeness (QED) is 0.876. The molecule has 0 bridgehead atoms. The minimum atomic E-state index is 0.0507. The second-order valence-electron chi connectivity index (χ2n) is 5.45. The molecule has 0 radical (unpaired) electrons. The molecule has 2 rings (SSSR count). The van der Waals surface area contributed by atoms with E-state index in [0.717, 1.165) is 11.3 Å². The summed E-state index contributed by atoms with van der Waals surface area (Å²) in [6.45, 7) is 1.20. The summed E-state index contributed by atoms with van der Waals surface area (Å²) in [6, 6.07) is 7.61. The maximum atomic E-state index is 12.0. The summed E-state index contributed by atoms with van der Waals surface area (Å²) in [4.78, 5) is 27.0. The fraction of sp³-hybridized carbons (Fsp3) is 0.467. The van der Waals surface area contributed by atoms with Crippen molar-refractivity contribution in [3.8, 4) is 0 Å². The fourth-order valence-corrected chi connectivity index (χ4v) is 2.36. The van der Waals surface area contributed by atoms with Crippen molar-refractivity contribution in [1.29, 1.82) is 0 Å². The Bertz CT molecular complexity index is 514. The zero-order valence-corrected chi connectivity index (χ0v) is 12.0. The van der Waals surface area contributed by atoms with Gasteiger partial charge in [0.25, 0.3) is 0 Å². The van der Waals surface area contributed by atoms with Crippen molar-refractivity contribution in [1.82, 2.24) is 4.90 Å². The monoisotopic (exact) mass is 275 g/mol. The highest BCUT2D eigenvalue weighted by atomic mass is 16.2. The average Bonchev–Trinajstić information content (AvgIpc) is 2.80. The van der Waals surface area contributed by atoms with Gasteiger partial charge in [-0.3, -0.25) is 9.59 Å². The van der Waals surface area contributed by atoms with E-state index in [1.807, 2.05) is 24.3 Å². The molecule has 0 aromatic heterocycles. The lowest BCUT2D eigenvalue weighted by Gasteiger charge is -2.18. The number of likely N-dealkylation sites (N-methyl/N-ethyl adjacent to an activating group) is 1. The van der Waals surface area contributed by atoms with Crippen LogP contribution in [0.25, 0.3) is 0 Å². The Morgan fingerprint density at radius 1 is 1.45 bits per heavy atom. The van der Waals surface area contributed by atoms with Crippen molar-refractivity contribution < 1.29 is 9.59 Å². The molecule has 20 heavy (non-hydrogen) atoms. The first-order chi connectivity index (χ1) is 9.51. The van der Waals surface area contributed by atoms with Crippen LogP contribution in [-0.4, -0.2) is 43.9 Å². The zero-order valence-electron chi connectivity index (χ0n) is 12.0. The van der Waals surface area contributed by atoms with E-state index in [2.05, 4.69) is 0 Å². The smallest absolute Gasteiger partial charge is 0.227 e. The molecule has 108 valence electrons. The maximum absolute atomic E-state index is 12.0. The van der Waals surface area contributed by atoms with Gasteiger partial charge in [0, 0.05) is 32.7 Å². The average molecular weight is 275 g/mol. The summed E-state index contributed by atoms with van der Waals surface area (Å²) in [5.41, 5.74) is 7.41. The van der Waals surface area contributed by atoms with Crippen LogP contribution in [0, 0.1) is 5.92 Å². The number of anilines is 1. The van der Waals surface area contributed by atoms with Crippen LogP contribution in [0.4, 0.5) is 5.69 Å². The Balaban J connectivity index is 2.14. The van der Waals surface area contributed by atoms with Crippen LogP contribution < -0.4 is 10.6 Å². The van der Waals surface area contributed by atoms with Crippen LogP contribution in [0.2, 0.25) is 0 Å². The number of carbonyl (C=O) groups is 2. The first-order valence-electron chi connectivity index (χ1n) is 6.80. The summed E-state index contributed by atoms with van der Waals surface area (Å²) in [5, 5.41) is 0. The molecule has 0 saturated carbocycles. The van der Waals surface area contributed by atoms with Gasteiger partial charge < -0.3 is 15.5 Å². The van der Waals surface area contributed by atoms with E-state index < -0.39 is 0 Å². The predicted molar refractivity (Wildman–Crippen MR) is 78.4 cm³/mol. The fourth-order valence-electron chi connectivity index (χ4n) is 2.36. The first kappa shape index (κ1) is 14.5. The van der Waals surface area contributed by atoms with Crippen LogP contribution in [0.1, 0.15) is 12.0 Å². The van der Waals surface area contributed by atoms with Crippen LogP contribution in [0.3, 0.4) is 0 Å². The molecule has 1 fully saturated rings. The number of hydrogen-bond acceptors (Lipinski definition) is 3. The third-order valence-electron chi connectivity index (χ3n) is 3.61. The van der Waals surface area contributed by atoms with E-state index in [1.165, 1.54) is 0 Å². The lowest BCUT2D eigenvalue weighted by atomic mass is 10.1. The summed E-state index contributed by atoms with van der Waals surface area (Å²) in [6.07, 6.45) is 0.862. The van der Waals surface area contributed by atoms with E-state index in [0.29, 0.717) is 25.9 Å². The van der Waals surface area contributed by atoms with Crippen LogP contribution in [0.15, 0.2) is 24.3 Å². The molecule has 5 heteroatoms. The Kier molecular flexibility index (Phi) is 4.39. The summed E-state index contributed by atoms with van der Waals surface area (Å²) in [7, 11) is 3.48. The molecule has 1 aliphatic rings. The number of benzene rings is 1. The SMILES string of the molecule is CN(C)C(=O)Cc1cccc(N2CC(CN)CC2=O)c1. The van der Waals surface area contributed by atoms with Crippen molar-refractivity contribution in [2.24, 2.45) is 11.7 Å². The molecule has 2 N–H and O–H groups in total. The number of nitrogens with two attached hydrogens (primary N) is 1. The predicted octanol–water partition coefficient (Wildman–Crippen LogP) is 0.629. The van der Waals surface area contributed by atoms with Gasteiger partial charge >= 0.3 is 0 Å². The molecule has 1 heterocycles. The van der Waals surface area contributed by atoms with Crippen LogP contribution >= 0.6 is 0 Å². The molecule has 1 unspecified atom stereocenters. The second kappa shape index (κ2) is 6.05. The molecule has 2 amide bonds. The second-order valence-corrected chi connectivity index (χ2v) is 5.45. The standard InChI is InChI=1S/C15H21N3O2/c1-17(2)14(19)7-11-4-3-5-13(6-11)18-10-12(9-16)8-15(18)20/h3-6,12H,7-10,16H2,1-2H3. The molecule has 5 nitrogen and oxygen atoms in total. The van der Waals surface area contributed by atoms with E-state index >= 15 is 0 Å². The summed E-state index contributed by atoms with van der Waals surface area (Å²) < 4.78 is 0. The van der Waals surface area contributed by atoms with Gasteiger partial charge in [-0.2, -0.15) is 0 Å².